The second-order valence-electron chi connectivity index (χ2n) is 5.50. The smallest absolute Gasteiger partial charge is 0.219 e. The highest BCUT2D eigenvalue weighted by molar-refractivity contribution is 5.75. The van der Waals surface area contributed by atoms with Crippen molar-refractivity contribution in [1.82, 2.24) is 5.32 Å². The molecule has 19 heavy (non-hydrogen) atoms. The standard InChI is InChI=1S/C13H27NO3.C2H6/c1-12(2,16-6)9-10-17-13(3,4)8-7-11(15)14-5;1-2/h7-10H2,1-6H3,(H,14,15);1-2H3. The van der Waals surface area contributed by atoms with E-state index in [-0.39, 0.29) is 17.1 Å². The topological polar surface area (TPSA) is 47.6 Å². The van der Waals surface area contributed by atoms with Gasteiger partial charge in [-0.1, -0.05) is 13.8 Å². The molecule has 0 aromatic rings. The van der Waals surface area contributed by atoms with E-state index in [1.807, 2.05) is 41.5 Å². The van der Waals surface area contributed by atoms with Crippen LogP contribution in [-0.4, -0.2) is 37.9 Å². The van der Waals surface area contributed by atoms with Crippen LogP contribution in [0.1, 0.15) is 60.8 Å². The van der Waals surface area contributed by atoms with Gasteiger partial charge in [0.15, 0.2) is 0 Å². The number of carbonyl (C=O) groups excluding carboxylic acids is 1. The first kappa shape index (κ1) is 20.7. The van der Waals surface area contributed by atoms with Gasteiger partial charge in [-0.05, 0) is 40.5 Å². The van der Waals surface area contributed by atoms with Crippen molar-refractivity contribution in [2.45, 2.75) is 72.0 Å². The quantitative estimate of drug-likeness (QED) is 0.740. The first-order valence-electron chi connectivity index (χ1n) is 7.12. The fourth-order valence-electron chi connectivity index (χ4n) is 1.29. The van der Waals surface area contributed by atoms with Crippen LogP contribution >= 0.6 is 0 Å². The summed E-state index contributed by atoms with van der Waals surface area (Å²) in [6.45, 7) is 12.7. The van der Waals surface area contributed by atoms with Crippen molar-refractivity contribution < 1.29 is 14.3 Å². The summed E-state index contributed by atoms with van der Waals surface area (Å²) in [5.41, 5.74) is -0.423. The van der Waals surface area contributed by atoms with Crippen LogP contribution in [0.15, 0.2) is 0 Å². The summed E-state index contributed by atoms with van der Waals surface area (Å²) in [6.07, 6.45) is 2.06. The summed E-state index contributed by atoms with van der Waals surface area (Å²) in [5.74, 6) is 0.0545. The highest BCUT2D eigenvalue weighted by Gasteiger charge is 2.22. The van der Waals surface area contributed by atoms with Gasteiger partial charge in [-0.2, -0.15) is 0 Å². The van der Waals surface area contributed by atoms with Crippen molar-refractivity contribution in [3.63, 3.8) is 0 Å². The van der Waals surface area contributed by atoms with Gasteiger partial charge in [0.05, 0.1) is 17.8 Å². The summed E-state index contributed by atoms with van der Waals surface area (Å²) in [6, 6.07) is 0. The normalized spacial score (nSPS) is 11.6. The summed E-state index contributed by atoms with van der Waals surface area (Å²) < 4.78 is 11.1. The minimum atomic E-state index is -0.268. The van der Waals surface area contributed by atoms with Gasteiger partial charge in [-0.25, -0.2) is 0 Å². The van der Waals surface area contributed by atoms with Gasteiger partial charge in [0, 0.05) is 20.6 Å². The van der Waals surface area contributed by atoms with Gasteiger partial charge >= 0.3 is 0 Å². The van der Waals surface area contributed by atoms with Crippen LogP contribution in [0.5, 0.6) is 0 Å². The fourth-order valence-corrected chi connectivity index (χ4v) is 1.29. The zero-order valence-electron chi connectivity index (χ0n) is 14.1. The molecule has 0 aromatic heterocycles. The molecule has 0 saturated heterocycles. The van der Waals surface area contributed by atoms with Crippen LogP contribution < -0.4 is 5.32 Å². The van der Waals surface area contributed by atoms with E-state index in [0.717, 1.165) is 12.8 Å². The molecule has 0 bridgehead atoms. The largest absolute Gasteiger partial charge is 0.379 e. The summed E-state index contributed by atoms with van der Waals surface area (Å²) >= 11 is 0. The lowest BCUT2D eigenvalue weighted by Gasteiger charge is -2.28. The average Bonchev–Trinajstić information content (AvgIpc) is 2.38. The Morgan fingerprint density at radius 2 is 1.58 bits per heavy atom. The van der Waals surface area contributed by atoms with Gasteiger partial charge in [0.25, 0.3) is 0 Å². The van der Waals surface area contributed by atoms with E-state index in [4.69, 9.17) is 9.47 Å². The van der Waals surface area contributed by atoms with Crippen LogP contribution in [0, 0.1) is 0 Å². The SMILES string of the molecule is CC.CNC(=O)CCC(C)(C)OCCC(C)(C)OC. The van der Waals surface area contributed by atoms with Gasteiger partial charge < -0.3 is 14.8 Å². The first-order valence-corrected chi connectivity index (χ1v) is 7.12. The number of hydrogen-bond donors (Lipinski definition) is 1. The van der Waals surface area contributed by atoms with Gasteiger partial charge in [-0.15, -0.1) is 0 Å². The third-order valence-electron chi connectivity index (χ3n) is 2.98. The van der Waals surface area contributed by atoms with Gasteiger partial charge in [0.1, 0.15) is 0 Å². The van der Waals surface area contributed by atoms with E-state index < -0.39 is 0 Å². The third-order valence-corrected chi connectivity index (χ3v) is 2.98. The van der Waals surface area contributed by atoms with Crippen molar-refractivity contribution in [1.29, 1.82) is 0 Å². The Labute approximate surface area is 119 Å². The molecule has 4 heteroatoms. The van der Waals surface area contributed by atoms with Gasteiger partial charge in [0.2, 0.25) is 5.91 Å². The fraction of sp³-hybridized carbons (Fsp3) is 0.933. The monoisotopic (exact) mass is 275 g/mol. The Hall–Kier alpha value is -0.610. The summed E-state index contributed by atoms with van der Waals surface area (Å²) in [7, 11) is 3.36. The predicted molar refractivity (Wildman–Crippen MR) is 80.4 cm³/mol. The maximum Gasteiger partial charge on any atom is 0.219 e. The molecule has 0 fully saturated rings. The zero-order valence-corrected chi connectivity index (χ0v) is 14.1. The molecule has 0 atom stereocenters. The van der Waals surface area contributed by atoms with Crippen LogP contribution in [0.2, 0.25) is 0 Å². The van der Waals surface area contributed by atoms with Crippen molar-refractivity contribution in [2.24, 2.45) is 0 Å². The number of rotatable bonds is 8. The Kier molecular flexibility index (Phi) is 11.1. The molecule has 0 aliphatic heterocycles. The average molecular weight is 275 g/mol. The summed E-state index contributed by atoms with van der Waals surface area (Å²) in [4.78, 5) is 11.2. The number of hydrogen-bond acceptors (Lipinski definition) is 3. The Bertz CT molecular complexity index is 238. The number of amides is 1. The molecule has 0 aromatic carbocycles. The molecular weight excluding hydrogens is 242 g/mol. The van der Waals surface area contributed by atoms with Gasteiger partial charge in [-0.3, -0.25) is 4.79 Å². The molecule has 0 heterocycles. The number of nitrogens with one attached hydrogen (secondary N) is 1. The van der Waals surface area contributed by atoms with E-state index in [1.54, 1.807) is 14.2 Å². The summed E-state index contributed by atoms with van der Waals surface area (Å²) in [5, 5.41) is 2.61. The second kappa shape index (κ2) is 10.2. The highest BCUT2D eigenvalue weighted by Crippen LogP contribution is 2.20. The van der Waals surface area contributed by atoms with E-state index in [9.17, 15) is 4.79 Å². The Morgan fingerprint density at radius 1 is 1.05 bits per heavy atom. The lowest BCUT2D eigenvalue weighted by Crippen LogP contribution is -2.31. The van der Waals surface area contributed by atoms with Crippen molar-refractivity contribution in [3.8, 4) is 0 Å². The van der Waals surface area contributed by atoms with E-state index in [0.29, 0.717) is 13.0 Å². The maximum atomic E-state index is 11.2. The van der Waals surface area contributed by atoms with E-state index in [1.165, 1.54) is 0 Å². The molecule has 0 radical (unpaired) electrons. The third kappa shape index (κ3) is 12.2. The zero-order chi connectivity index (χ0) is 15.5. The minimum absolute atomic E-state index is 0.0545. The molecule has 1 amide bonds. The molecule has 0 rings (SSSR count). The molecule has 0 aliphatic rings. The Balaban J connectivity index is 0. The molecule has 0 spiro atoms. The molecule has 0 unspecified atom stereocenters. The Morgan fingerprint density at radius 3 is 2.00 bits per heavy atom. The number of ether oxygens (including phenoxy) is 2. The molecular formula is C15H33NO3. The molecule has 0 saturated carbocycles. The molecule has 4 nitrogen and oxygen atoms in total. The second-order valence-corrected chi connectivity index (χ2v) is 5.50. The number of methoxy groups -OCH3 is 1. The van der Waals surface area contributed by atoms with Crippen molar-refractivity contribution in [3.05, 3.63) is 0 Å². The molecule has 116 valence electrons. The van der Waals surface area contributed by atoms with Crippen LogP contribution in [0.25, 0.3) is 0 Å². The highest BCUT2D eigenvalue weighted by atomic mass is 16.5. The van der Waals surface area contributed by atoms with Crippen LogP contribution in [0.4, 0.5) is 0 Å². The first-order chi connectivity index (χ1) is 8.72. The minimum Gasteiger partial charge on any atom is -0.379 e. The van der Waals surface area contributed by atoms with E-state index in [2.05, 4.69) is 5.32 Å². The maximum absolute atomic E-state index is 11.2. The lowest BCUT2D eigenvalue weighted by molar-refractivity contribution is -0.122. The lowest BCUT2D eigenvalue weighted by atomic mass is 10.0. The van der Waals surface area contributed by atoms with E-state index >= 15 is 0 Å². The number of carbonyl (C=O) groups is 1. The van der Waals surface area contributed by atoms with Crippen molar-refractivity contribution >= 4 is 5.91 Å². The molecule has 0 aliphatic carbocycles. The van der Waals surface area contributed by atoms with Crippen LogP contribution in [0.3, 0.4) is 0 Å². The van der Waals surface area contributed by atoms with Crippen LogP contribution in [-0.2, 0) is 14.3 Å². The molecule has 1 N–H and O–H groups in total. The van der Waals surface area contributed by atoms with Crippen molar-refractivity contribution in [2.75, 3.05) is 20.8 Å². The predicted octanol–water partition coefficient (Wildman–Crippen LogP) is 3.15.